The maximum Gasteiger partial charge on any atom is 0.323 e. The van der Waals surface area contributed by atoms with E-state index in [9.17, 15) is 14.9 Å². The quantitative estimate of drug-likeness (QED) is 0.210. The molecule has 4 rings (SSSR count). The van der Waals surface area contributed by atoms with Crippen molar-refractivity contribution in [2.24, 2.45) is 0 Å². The van der Waals surface area contributed by atoms with Crippen molar-refractivity contribution in [1.82, 2.24) is 9.97 Å². The van der Waals surface area contributed by atoms with E-state index in [1.807, 2.05) is 6.07 Å². The van der Waals surface area contributed by atoms with E-state index in [0.29, 0.717) is 38.3 Å². The highest BCUT2D eigenvalue weighted by molar-refractivity contribution is 7.80. The first-order chi connectivity index (χ1) is 17.8. The van der Waals surface area contributed by atoms with Gasteiger partial charge in [-0.05, 0) is 48.0 Å². The van der Waals surface area contributed by atoms with E-state index < -0.39 is 16.8 Å². The summed E-state index contributed by atoms with van der Waals surface area (Å²) in [7, 11) is 1.52. The van der Waals surface area contributed by atoms with Gasteiger partial charge in [0, 0.05) is 16.9 Å². The normalized spacial score (nSPS) is 11.3. The molecule has 1 aromatic heterocycles. The molecule has 0 radical (unpaired) electrons. The number of nitriles is 1. The summed E-state index contributed by atoms with van der Waals surface area (Å²) in [6.07, 6.45) is 0. The smallest absolute Gasteiger partial charge is 0.323 e. The van der Waals surface area contributed by atoms with Gasteiger partial charge in [-0.25, -0.2) is 9.78 Å². The fraction of sp³-hybridized carbons (Fsp3) is 0.0769. The minimum atomic E-state index is -0.662. The van der Waals surface area contributed by atoms with Gasteiger partial charge in [0.1, 0.15) is 23.2 Å². The molecule has 0 fully saturated rings. The summed E-state index contributed by atoms with van der Waals surface area (Å²) in [5.41, 5.74) is 1.68. The van der Waals surface area contributed by atoms with Crippen LogP contribution in [-0.4, -0.2) is 23.1 Å². The lowest BCUT2D eigenvalue weighted by Crippen LogP contribution is -2.20. The molecule has 1 atom stereocenters. The molecule has 186 valence electrons. The van der Waals surface area contributed by atoms with E-state index >= 15 is 0 Å². The third-order valence-electron chi connectivity index (χ3n) is 5.29. The van der Waals surface area contributed by atoms with Gasteiger partial charge in [0.25, 0.3) is 5.56 Å². The number of ether oxygens (including phenoxy) is 1. The lowest BCUT2D eigenvalue weighted by Gasteiger charge is -2.15. The molecule has 2 amide bonds. The van der Waals surface area contributed by atoms with Crippen molar-refractivity contribution < 1.29 is 9.53 Å². The molecule has 0 spiro atoms. The number of hydrogen-bond donors (Lipinski definition) is 4. The van der Waals surface area contributed by atoms with E-state index in [2.05, 4.69) is 33.2 Å². The summed E-state index contributed by atoms with van der Waals surface area (Å²) >= 11 is 16.6. The number of thiol groups is 1. The number of urea groups is 1. The van der Waals surface area contributed by atoms with Crippen LogP contribution in [0.2, 0.25) is 10.0 Å². The van der Waals surface area contributed by atoms with Crippen LogP contribution < -0.4 is 20.9 Å². The van der Waals surface area contributed by atoms with Gasteiger partial charge in [-0.2, -0.15) is 17.9 Å². The molecule has 0 aliphatic heterocycles. The number of H-pyrrole nitrogens is 1. The number of carbonyl (C=O) groups is 1. The highest BCUT2D eigenvalue weighted by Gasteiger charge is 2.19. The van der Waals surface area contributed by atoms with Gasteiger partial charge in [-0.15, -0.1) is 0 Å². The molecule has 1 unspecified atom stereocenters. The summed E-state index contributed by atoms with van der Waals surface area (Å²) in [5.74, 6) is 0.799. The van der Waals surface area contributed by atoms with Crippen LogP contribution in [-0.2, 0) is 0 Å². The zero-order valence-electron chi connectivity index (χ0n) is 19.3. The molecule has 3 N–H and O–H groups in total. The molecule has 0 bridgehead atoms. The van der Waals surface area contributed by atoms with Gasteiger partial charge in [0.2, 0.25) is 0 Å². The number of aromatic amines is 1. The van der Waals surface area contributed by atoms with Gasteiger partial charge in [0.05, 0.1) is 28.1 Å². The number of nitrogens with zero attached hydrogens (tertiary/aromatic N) is 2. The minimum absolute atomic E-state index is 0.119. The van der Waals surface area contributed by atoms with Crippen molar-refractivity contribution in [3.05, 3.63) is 104 Å². The molecule has 0 aliphatic rings. The largest absolute Gasteiger partial charge is 0.497 e. The summed E-state index contributed by atoms with van der Waals surface area (Å²) < 4.78 is 5.26. The van der Waals surface area contributed by atoms with Crippen LogP contribution >= 0.6 is 35.8 Å². The average molecular weight is 552 g/mol. The highest BCUT2D eigenvalue weighted by Crippen LogP contribution is 2.30. The number of rotatable bonds is 6. The van der Waals surface area contributed by atoms with Crippen molar-refractivity contribution in [3.63, 3.8) is 0 Å². The third kappa shape index (κ3) is 6.06. The molecule has 0 saturated carbocycles. The predicted molar refractivity (Wildman–Crippen MR) is 148 cm³/mol. The fourth-order valence-electron chi connectivity index (χ4n) is 3.51. The molecule has 3 aromatic carbocycles. The Hall–Kier alpha value is -3.97. The summed E-state index contributed by atoms with van der Waals surface area (Å²) in [6.45, 7) is 0. The van der Waals surface area contributed by atoms with Crippen molar-refractivity contribution in [2.45, 2.75) is 5.25 Å². The van der Waals surface area contributed by atoms with Crippen LogP contribution in [0.15, 0.2) is 71.5 Å². The number of anilines is 2. The van der Waals surface area contributed by atoms with E-state index in [4.69, 9.17) is 27.9 Å². The van der Waals surface area contributed by atoms with Crippen molar-refractivity contribution in [1.29, 1.82) is 5.26 Å². The Morgan fingerprint density at radius 3 is 2.49 bits per heavy atom. The first kappa shape index (κ1) is 26.1. The van der Waals surface area contributed by atoms with E-state index in [-0.39, 0.29) is 17.1 Å². The SMILES string of the molecule is COc1cccc(-c2nc(C(S)c3cccc(NC(=O)Nc4ccc(Cl)c(Cl)c4)c3)[nH]c(=O)c2C#N)c1. The predicted octanol–water partition coefficient (Wildman–Crippen LogP) is 6.29. The molecule has 11 heteroatoms. The zero-order valence-corrected chi connectivity index (χ0v) is 21.7. The first-order valence-electron chi connectivity index (χ1n) is 10.8. The summed E-state index contributed by atoms with van der Waals surface area (Å²) in [6, 6.07) is 20.0. The number of amides is 2. The maximum atomic E-state index is 12.7. The van der Waals surface area contributed by atoms with Gasteiger partial charge < -0.3 is 20.4 Å². The minimum Gasteiger partial charge on any atom is -0.497 e. The molecule has 8 nitrogen and oxygen atoms in total. The second-order valence-corrected chi connectivity index (χ2v) is 9.09. The Morgan fingerprint density at radius 1 is 1.05 bits per heavy atom. The Kier molecular flexibility index (Phi) is 8.04. The van der Waals surface area contributed by atoms with Crippen LogP contribution in [0.1, 0.15) is 22.2 Å². The molecule has 1 heterocycles. The number of nitrogens with one attached hydrogen (secondary N) is 3. The van der Waals surface area contributed by atoms with Gasteiger partial charge >= 0.3 is 6.03 Å². The topological polar surface area (TPSA) is 120 Å². The van der Waals surface area contributed by atoms with E-state index in [1.54, 1.807) is 60.7 Å². The van der Waals surface area contributed by atoms with Gasteiger partial charge in [-0.1, -0.05) is 47.5 Å². The molecule has 37 heavy (non-hydrogen) atoms. The number of hydrogen-bond acceptors (Lipinski definition) is 6. The van der Waals surface area contributed by atoms with Crippen molar-refractivity contribution in [3.8, 4) is 23.1 Å². The van der Waals surface area contributed by atoms with Gasteiger partial charge in [-0.3, -0.25) is 4.79 Å². The van der Waals surface area contributed by atoms with Gasteiger partial charge in [0.15, 0.2) is 0 Å². The second-order valence-electron chi connectivity index (χ2n) is 7.75. The zero-order chi connectivity index (χ0) is 26.5. The Morgan fingerprint density at radius 2 is 1.78 bits per heavy atom. The monoisotopic (exact) mass is 551 g/mol. The molecular weight excluding hydrogens is 533 g/mol. The van der Waals surface area contributed by atoms with E-state index in [1.165, 1.54) is 13.2 Å². The van der Waals surface area contributed by atoms with Crippen LogP contribution in [0.4, 0.5) is 16.2 Å². The second kappa shape index (κ2) is 11.4. The molecule has 0 aliphatic carbocycles. The number of benzene rings is 3. The van der Waals surface area contributed by atoms with E-state index in [0.717, 1.165) is 0 Å². The Bertz CT molecular complexity index is 1590. The number of carbonyl (C=O) groups excluding carboxylic acids is 1. The molecular formula is C26H19Cl2N5O3S. The van der Waals surface area contributed by atoms with Crippen molar-refractivity contribution in [2.75, 3.05) is 17.7 Å². The standard InChI is InChI=1S/C26H19Cl2N5O3S/c1-36-18-7-3-4-14(11-18)22-19(13-29)25(34)33-24(32-22)23(37)15-5-2-6-16(10-15)30-26(35)31-17-8-9-20(27)21(28)12-17/h2-12,23,37H,1H3,(H2,30,31,35)(H,32,33,34). The van der Waals surface area contributed by atoms with Crippen molar-refractivity contribution >= 4 is 53.2 Å². The molecule has 4 aromatic rings. The lowest BCUT2D eigenvalue weighted by molar-refractivity contribution is 0.262. The molecule has 0 saturated heterocycles. The van der Waals surface area contributed by atoms with Crippen LogP contribution in [0.5, 0.6) is 5.75 Å². The Balaban J connectivity index is 1.60. The number of methoxy groups -OCH3 is 1. The Labute approximate surface area is 227 Å². The van der Waals surface area contributed by atoms with Crippen LogP contribution in [0, 0.1) is 11.3 Å². The average Bonchev–Trinajstić information content (AvgIpc) is 2.90. The first-order valence-corrected chi connectivity index (χ1v) is 12.1. The summed E-state index contributed by atoms with van der Waals surface area (Å²) in [4.78, 5) is 32.4. The summed E-state index contributed by atoms with van der Waals surface area (Å²) in [5, 5.41) is 15.0. The fourth-order valence-corrected chi connectivity index (χ4v) is 4.10. The van der Waals surface area contributed by atoms with Crippen LogP contribution in [0.3, 0.4) is 0 Å². The lowest BCUT2D eigenvalue weighted by atomic mass is 10.1. The third-order valence-corrected chi connectivity index (χ3v) is 6.57. The van der Waals surface area contributed by atoms with Crippen LogP contribution in [0.25, 0.3) is 11.3 Å². The maximum absolute atomic E-state index is 12.7. The number of halogens is 2. The number of aromatic nitrogens is 2. The highest BCUT2D eigenvalue weighted by atomic mass is 35.5.